The molecule has 1 aromatic rings. The lowest BCUT2D eigenvalue weighted by atomic mass is 9.92. The molecule has 0 amide bonds. The summed E-state index contributed by atoms with van der Waals surface area (Å²) in [7, 11) is 0. The average molecular weight is 224 g/mol. The molecule has 1 heterocycles. The van der Waals surface area contributed by atoms with E-state index in [0.29, 0.717) is 5.54 Å². The van der Waals surface area contributed by atoms with Gasteiger partial charge in [0.05, 0.1) is 11.2 Å². The minimum Gasteiger partial charge on any atom is -0.306 e. The van der Waals surface area contributed by atoms with Gasteiger partial charge in [0, 0.05) is 17.5 Å². The van der Waals surface area contributed by atoms with E-state index in [9.17, 15) is 0 Å². The lowest BCUT2D eigenvalue weighted by Gasteiger charge is -2.29. The summed E-state index contributed by atoms with van der Waals surface area (Å²) in [5.41, 5.74) is 3.44. The number of nitrogens with one attached hydrogen (secondary N) is 1. The van der Waals surface area contributed by atoms with Crippen molar-refractivity contribution in [2.45, 2.75) is 57.5 Å². The Kier molecular flexibility index (Phi) is 3.76. The fraction of sp³-hybridized carbons (Fsp3) is 0.750. The summed E-state index contributed by atoms with van der Waals surface area (Å²) in [4.78, 5) is 4.31. The number of hydrogen-bond acceptors (Lipinski definition) is 3. The third kappa shape index (κ3) is 3.28. The SMILES string of the molecule is CC1(NCc2cscn2)CCCCCC1. The van der Waals surface area contributed by atoms with Crippen molar-refractivity contribution in [3.05, 3.63) is 16.6 Å². The van der Waals surface area contributed by atoms with E-state index in [1.807, 2.05) is 5.51 Å². The zero-order valence-electron chi connectivity index (χ0n) is 9.46. The summed E-state index contributed by atoms with van der Waals surface area (Å²) in [6.45, 7) is 3.30. The van der Waals surface area contributed by atoms with Crippen molar-refractivity contribution < 1.29 is 0 Å². The number of aromatic nitrogens is 1. The normalized spacial score (nSPS) is 21.1. The maximum absolute atomic E-state index is 4.31. The van der Waals surface area contributed by atoms with E-state index in [-0.39, 0.29) is 0 Å². The molecule has 0 radical (unpaired) electrons. The second-order valence-electron chi connectivity index (χ2n) is 4.81. The third-order valence-corrected chi connectivity index (χ3v) is 4.02. The van der Waals surface area contributed by atoms with E-state index in [2.05, 4.69) is 22.6 Å². The van der Waals surface area contributed by atoms with E-state index in [0.717, 1.165) is 6.54 Å². The van der Waals surface area contributed by atoms with E-state index >= 15 is 0 Å². The summed E-state index contributed by atoms with van der Waals surface area (Å²) in [6, 6.07) is 0. The van der Waals surface area contributed by atoms with Crippen LogP contribution in [0.3, 0.4) is 0 Å². The van der Waals surface area contributed by atoms with Crippen LogP contribution in [0.5, 0.6) is 0 Å². The van der Waals surface area contributed by atoms with Gasteiger partial charge in [0.2, 0.25) is 0 Å². The van der Waals surface area contributed by atoms with Gasteiger partial charge in [-0.2, -0.15) is 0 Å². The lowest BCUT2D eigenvalue weighted by Crippen LogP contribution is -2.41. The van der Waals surface area contributed by atoms with Gasteiger partial charge in [-0.3, -0.25) is 0 Å². The molecule has 1 saturated carbocycles. The first-order chi connectivity index (χ1) is 7.29. The van der Waals surface area contributed by atoms with Crippen LogP contribution in [-0.4, -0.2) is 10.5 Å². The minimum atomic E-state index is 0.347. The first kappa shape index (κ1) is 11.1. The molecule has 0 aromatic carbocycles. The van der Waals surface area contributed by atoms with E-state index in [1.165, 1.54) is 44.2 Å². The van der Waals surface area contributed by atoms with Gasteiger partial charge in [0.25, 0.3) is 0 Å². The van der Waals surface area contributed by atoms with Crippen molar-refractivity contribution in [2.24, 2.45) is 0 Å². The highest BCUT2D eigenvalue weighted by molar-refractivity contribution is 7.07. The van der Waals surface area contributed by atoms with Crippen LogP contribution in [0.25, 0.3) is 0 Å². The van der Waals surface area contributed by atoms with E-state index in [1.54, 1.807) is 11.3 Å². The Morgan fingerprint density at radius 3 is 2.67 bits per heavy atom. The maximum Gasteiger partial charge on any atom is 0.0795 e. The number of nitrogens with zero attached hydrogens (tertiary/aromatic N) is 1. The molecule has 1 aliphatic rings. The summed E-state index contributed by atoms with van der Waals surface area (Å²) in [5.74, 6) is 0. The van der Waals surface area contributed by atoms with Gasteiger partial charge in [-0.05, 0) is 19.8 Å². The molecule has 1 aromatic heterocycles. The topological polar surface area (TPSA) is 24.9 Å². The number of thiazole rings is 1. The standard InChI is InChI=1S/C12H20N2S/c1-12(6-4-2-3-5-7-12)14-8-11-9-15-10-13-11/h9-10,14H,2-8H2,1H3. The molecule has 0 bridgehead atoms. The molecule has 1 aliphatic carbocycles. The van der Waals surface area contributed by atoms with Gasteiger partial charge >= 0.3 is 0 Å². The van der Waals surface area contributed by atoms with Crippen molar-refractivity contribution in [2.75, 3.05) is 0 Å². The van der Waals surface area contributed by atoms with Crippen LogP contribution in [0.1, 0.15) is 51.1 Å². The zero-order chi connectivity index (χ0) is 10.6. The molecule has 84 valence electrons. The minimum absolute atomic E-state index is 0.347. The molecule has 2 nitrogen and oxygen atoms in total. The first-order valence-electron chi connectivity index (χ1n) is 5.91. The Hall–Kier alpha value is -0.410. The zero-order valence-corrected chi connectivity index (χ0v) is 10.3. The predicted octanol–water partition coefficient (Wildman–Crippen LogP) is 3.35. The quantitative estimate of drug-likeness (QED) is 0.796. The van der Waals surface area contributed by atoms with Crippen LogP contribution < -0.4 is 5.32 Å². The number of hydrogen-bond donors (Lipinski definition) is 1. The Morgan fingerprint density at radius 1 is 1.33 bits per heavy atom. The van der Waals surface area contributed by atoms with Crippen molar-refractivity contribution in [3.8, 4) is 0 Å². The highest BCUT2D eigenvalue weighted by Gasteiger charge is 2.24. The summed E-state index contributed by atoms with van der Waals surface area (Å²) in [5, 5.41) is 5.82. The highest BCUT2D eigenvalue weighted by atomic mass is 32.1. The van der Waals surface area contributed by atoms with Crippen LogP contribution in [0, 0.1) is 0 Å². The Labute approximate surface area is 96.1 Å². The second kappa shape index (κ2) is 5.08. The average Bonchev–Trinajstić information content (AvgIpc) is 2.65. The predicted molar refractivity (Wildman–Crippen MR) is 65.1 cm³/mol. The molecule has 0 spiro atoms. The highest BCUT2D eigenvalue weighted by Crippen LogP contribution is 2.26. The molecular formula is C12H20N2S. The van der Waals surface area contributed by atoms with Crippen molar-refractivity contribution in [3.63, 3.8) is 0 Å². The van der Waals surface area contributed by atoms with Crippen LogP contribution in [0.4, 0.5) is 0 Å². The Morgan fingerprint density at radius 2 is 2.07 bits per heavy atom. The van der Waals surface area contributed by atoms with Crippen LogP contribution in [0.2, 0.25) is 0 Å². The van der Waals surface area contributed by atoms with Crippen molar-refractivity contribution in [1.82, 2.24) is 10.3 Å². The van der Waals surface area contributed by atoms with Gasteiger partial charge in [-0.15, -0.1) is 11.3 Å². The van der Waals surface area contributed by atoms with Crippen LogP contribution in [-0.2, 0) is 6.54 Å². The van der Waals surface area contributed by atoms with Gasteiger partial charge in [0.1, 0.15) is 0 Å². The summed E-state index contributed by atoms with van der Waals surface area (Å²) < 4.78 is 0. The molecule has 0 aliphatic heterocycles. The summed E-state index contributed by atoms with van der Waals surface area (Å²) >= 11 is 1.68. The Bertz CT molecular complexity index is 274. The molecular weight excluding hydrogens is 204 g/mol. The Balaban J connectivity index is 1.86. The van der Waals surface area contributed by atoms with E-state index in [4.69, 9.17) is 0 Å². The molecule has 1 fully saturated rings. The third-order valence-electron chi connectivity index (χ3n) is 3.39. The maximum atomic E-state index is 4.31. The first-order valence-corrected chi connectivity index (χ1v) is 6.85. The lowest BCUT2D eigenvalue weighted by molar-refractivity contribution is 0.309. The van der Waals surface area contributed by atoms with E-state index < -0.39 is 0 Å². The molecule has 0 atom stereocenters. The van der Waals surface area contributed by atoms with Crippen molar-refractivity contribution in [1.29, 1.82) is 0 Å². The van der Waals surface area contributed by atoms with Gasteiger partial charge in [-0.1, -0.05) is 25.7 Å². The largest absolute Gasteiger partial charge is 0.306 e. The smallest absolute Gasteiger partial charge is 0.0795 e. The fourth-order valence-electron chi connectivity index (χ4n) is 2.31. The molecule has 15 heavy (non-hydrogen) atoms. The molecule has 0 unspecified atom stereocenters. The van der Waals surface area contributed by atoms with Crippen LogP contribution >= 0.6 is 11.3 Å². The molecule has 1 N–H and O–H groups in total. The van der Waals surface area contributed by atoms with Crippen LogP contribution in [0.15, 0.2) is 10.9 Å². The van der Waals surface area contributed by atoms with Gasteiger partial charge in [0.15, 0.2) is 0 Å². The van der Waals surface area contributed by atoms with Gasteiger partial charge in [-0.25, -0.2) is 4.98 Å². The molecule has 2 rings (SSSR count). The number of rotatable bonds is 3. The second-order valence-corrected chi connectivity index (χ2v) is 5.53. The molecule has 3 heteroatoms. The summed E-state index contributed by atoms with van der Waals surface area (Å²) in [6.07, 6.45) is 8.21. The molecule has 0 saturated heterocycles. The fourth-order valence-corrected chi connectivity index (χ4v) is 2.87. The monoisotopic (exact) mass is 224 g/mol. The van der Waals surface area contributed by atoms with Crippen molar-refractivity contribution >= 4 is 11.3 Å². The van der Waals surface area contributed by atoms with Gasteiger partial charge < -0.3 is 5.32 Å².